The number of halogens is 2. The summed E-state index contributed by atoms with van der Waals surface area (Å²) in [4.78, 5) is 18.5. The molecule has 1 atom stereocenters. The van der Waals surface area contributed by atoms with Gasteiger partial charge >= 0.3 is 0 Å². The van der Waals surface area contributed by atoms with Gasteiger partial charge in [0.25, 0.3) is 5.89 Å². The topological polar surface area (TPSA) is 59.2 Å². The summed E-state index contributed by atoms with van der Waals surface area (Å²) in [7, 11) is 0. The van der Waals surface area contributed by atoms with Crippen LogP contribution in [0.3, 0.4) is 0 Å². The van der Waals surface area contributed by atoms with Crippen LogP contribution in [0.5, 0.6) is 0 Å². The van der Waals surface area contributed by atoms with Gasteiger partial charge in [0.15, 0.2) is 5.82 Å². The van der Waals surface area contributed by atoms with Crippen molar-refractivity contribution >= 4 is 23.2 Å². The third-order valence-corrected chi connectivity index (χ3v) is 5.19. The molecule has 0 unspecified atom stereocenters. The summed E-state index contributed by atoms with van der Waals surface area (Å²) in [6, 6.07) is 10.2. The zero-order chi connectivity index (χ0) is 19.1. The minimum Gasteiger partial charge on any atom is -0.334 e. The molecule has 0 aliphatic carbocycles. The Morgan fingerprint density at radius 3 is 2.74 bits per heavy atom. The number of benzene rings is 2. The number of carbonyl (C=O) groups is 1. The van der Waals surface area contributed by atoms with Crippen LogP contribution in [0.4, 0.5) is 10.1 Å². The van der Waals surface area contributed by atoms with Crippen LogP contribution >= 0.6 is 11.6 Å². The van der Waals surface area contributed by atoms with Crippen molar-refractivity contribution in [3.63, 3.8) is 0 Å². The molecule has 4 rings (SSSR count). The molecular formula is C20H17ClFN3O2. The number of amides is 1. The van der Waals surface area contributed by atoms with E-state index >= 15 is 0 Å². The van der Waals surface area contributed by atoms with Gasteiger partial charge in [0.2, 0.25) is 5.91 Å². The van der Waals surface area contributed by atoms with Crippen LogP contribution < -0.4 is 4.90 Å². The van der Waals surface area contributed by atoms with Crippen molar-refractivity contribution in [3.8, 4) is 11.5 Å². The summed E-state index contributed by atoms with van der Waals surface area (Å²) in [6.45, 7) is 4.46. The van der Waals surface area contributed by atoms with Gasteiger partial charge in [0.05, 0.1) is 5.02 Å². The molecule has 0 saturated carbocycles. The smallest absolute Gasteiger partial charge is 0.257 e. The van der Waals surface area contributed by atoms with Gasteiger partial charge in [-0.15, -0.1) is 0 Å². The van der Waals surface area contributed by atoms with E-state index in [0.29, 0.717) is 23.9 Å². The van der Waals surface area contributed by atoms with Gasteiger partial charge < -0.3 is 9.42 Å². The molecule has 27 heavy (non-hydrogen) atoms. The second kappa shape index (κ2) is 6.78. The number of hydrogen-bond donors (Lipinski definition) is 0. The average molecular weight is 386 g/mol. The molecule has 1 fully saturated rings. The molecule has 1 amide bonds. The first-order chi connectivity index (χ1) is 12.9. The number of anilines is 1. The first kappa shape index (κ1) is 17.7. The Bertz CT molecular complexity index is 1030. The first-order valence-electron chi connectivity index (χ1n) is 8.59. The summed E-state index contributed by atoms with van der Waals surface area (Å²) in [6.07, 6.45) is 0.265. The van der Waals surface area contributed by atoms with Gasteiger partial charge in [0, 0.05) is 30.1 Å². The Morgan fingerprint density at radius 2 is 2.00 bits per heavy atom. The Balaban J connectivity index is 1.56. The fourth-order valence-electron chi connectivity index (χ4n) is 3.18. The third kappa shape index (κ3) is 3.32. The summed E-state index contributed by atoms with van der Waals surface area (Å²) in [5.41, 5.74) is 3.74. The monoisotopic (exact) mass is 385 g/mol. The van der Waals surface area contributed by atoms with Crippen LogP contribution in [0.25, 0.3) is 11.5 Å². The zero-order valence-corrected chi connectivity index (χ0v) is 15.6. The molecule has 1 saturated heterocycles. The fourth-order valence-corrected chi connectivity index (χ4v) is 3.35. The Labute approximate surface area is 160 Å². The van der Waals surface area contributed by atoms with E-state index in [4.69, 9.17) is 16.1 Å². The number of aromatic nitrogens is 2. The van der Waals surface area contributed by atoms with E-state index in [2.05, 4.69) is 10.1 Å². The van der Waals surface area contributed by atoms with E-state index in [1.165, 1.54) is 23.8 Å². The highest BCUT2D eigenvalue weighted by Crippen LogP contribution is 2.33. The van der Waals surface area contributed by atoms with Gasteiger partial charge in [-0.25, -0.2) is 4.39 Å². The van der Waals surface area contributed by atoms with E-state index in [9.17, 15) is 9.18 Å². The lowest BCUT2D eigenvalue weighted by Crippen LogP contribution is -2.24. The molecule has 0 radical (unpaired) electrons. The molecule has 0 spiro atoms. The highest BCUT2D eigenvalue weighted by molar-refractivity contribution is 6.31. The molecule has 7 heteroatoms. The molecule has 3 aromatic rings. The predicted molar refractivity (Wildman–Crippen MR) is 100 cm³/mol. The van der Waals surface area contributed by atoms with Crippen LogP contribution in [0.2, 0.25) is 5.02 Å². The van der Waals surface area contributed by atoms with Crippen molar-refractivity contribution in [2.75, 3.05) is 11.4 Å². The molecule has 0 N–H and O–H groups in total. The maximum Gasteiger partial charge on any atom is 0.257 e. The van der Waals surface area contributed by atoms with Crippen molar-refractivity contribution < 1.29 is 13.7 Å². The Kier molecular flexibility index (Phi) is 4.44. The number of nitrogens with zero attached hydrogens (tertiary/aromatic N) is 3. The van der Waals surface area contributed by atoms with Gasteiger partial charge in [-0.1, -0.05) is 22.8 Å². The van der Waals surface area contributed by atoms with Gasteiger partial charge in [-0.2, -0.15) is 4.98 Å². The molecule has 0 bridgehead atoms. The Morgan fingerprint density at radius 1 is 1.19 bits per heavy atom. The number of aryl methyl sites for hydroxylation is 2. The lowest BCUT2D eigenvalue weighted by Gasteiger charge is -2.16. The van der Waals surface area contributed by atoms with Crippen LogP contribution in [0, 0.1) is 19.7 Å². The van der Waals surface area contributed by atoms with Crippen molar-refractivity contribution in [3.05, 3.63) is 64.2 Å². The van der Waals surface area contributed by atoms with E-state index in [0.717, 1.165) is 11.1 Å². The fraction of sp³-hybridized carbons (Fsp3) is 0.250. The molecular weight excluding hydrogens is 369 g/mol. The van der Waals surface area contributed by atoms with E-state index < -0.39 is 5.82 Å². The summed E-state index contributed by atoms with van der Waals surface area (Å²) in [5.74, 6) is 0.140. The molecule has 2 heterocycles. The minimum absolute atomic E-state index is 0.0136. The Hall–Kier alpha value is -2.73. The third-order valence-electron chi connectivity index (χ3n) is 4.90. The molecule has 1 aliphatic heterocycles. The molecule has 138 valence electrons. The van der Waals surface area contributed by atoms with Crippen LogP contribution in [0.1, 0.15) is 29.3 Å². The maximum atomic E-state index is 13.4. The molecule has 2 aromatic carbocycles. The molecule has 5 nitrogen and oxygen atoms in total. The van der Waals surface area contributed by atoms with E-state index in [-0.39, 0.29) is 23.3 Å². The number of rotatable bonds is 3. The second-order valence-corrected chi connectivity index (χ2v) is 7.17. The van der Waals surface area contributed by atoms with Gasteiger partial charge in [0.1, 0.15) is 5.82 Å². The van der Waals surface area contributed by atoms with Crippen molar-refractivity contribution in [2.24, 2.45) is 0 Å². The highest BCUT2D eigenvalue weighted by Gasteiger charge is 2.35. The van der Waals surface area contributed by atoms with E-state index in [1.54, 1.807) is 4.90 Å². The first-order valence-corrected chi connectivity index (χ1v) is 8.97. The van der Waals surface area contributed by atoms with Gasteiger partial charge in [-0.3, -0.25) is 4.79 Å². The quantitative estimate of drug-likeness (QED) is 0.657. The SMILES string of the molecule is Cc1ccc(-c2nc([C@@H]3CC(=O)N(c4ccc(F)c(Cl)c4)C3)no2)cc1C. The van der Waals surface area contributed by atoms with Crippen molar-refractivity contribution in [2.45, 2.75) is 26.2 Å². The summed E-state index contributed by atoms with van der Waals surface area (Å²) in [5, 5.41) is 4.06. The standard InChI is InChI=1S/C20H17ClFN3O2/c1-11-3-4-13(7-12(11)2)20-23-19(24-27-20)14-8-18(26)25(10-14)15-5-6-17(22)16(21)9-15/h3-7,9,14H,8,10H2,1-2H3/t14-/m1/s1. The van der Waals surface area contributed by atoms with Gasteiger partial charge in [-0.05, 0) is 55.3 Å². The summed E-state index contributed by atoms with van der Waals surface area (Å²) < 4.78 is 18.8. The second-order valence-electron chi connectivity index (χ2n) is 6.76. The number of carbonyl (C=O) groups excluding carboxylic acids is 1. The summed E-state index contributed by atoms with van der Waals surface area (Å²) >= 11 is 5.84. The minimum atomic E-state index is -0.514. The maximum absolute atomic E-state index is 13.4. The predicted octanol–water partition coefficient (Wildman–Crippen LogP) is 4.67. The highest BCUT2D eigenvalue weighted by atomic mass is 35.5. The van der Waals surface area contributed by atoms with E-state index in [1.807, 2.05) is 32.0 Å². The largest absolute Gasteiger partial charge is 0.334 e. The molecule has 1 aromatic heterocycles. The van der Waals surface area contributed by atoms with Crippen molar-refractivity contribution in [1.29, 1.82) is 0 Å². The number of hydrogen-bond acceptors (Lipinski definition) is 4. The zero-order valence-electron chi connectivity index (χ0n) is 14.9. The lowest BCUT2D eigenvalue weighted by atomic mass is 10.1. The normalized spacial score (nSPS) is 17.0. The van der Waals surface area contributed by atoms with Crippen LogP contribution in [0.15, 0.2) is 40.9 Å². The van der Waals surface area contributed by atoms with Crippen LogP contribution in [-0.4, -0.2) is 22.6 Å². The van der Waals surface area contributed by atoms with Crippen molar-refractivity contribution in [1.82, 2.24) is 10.1 Å². The average Bonchev–Trinajstić information content (AvgIpc) is 3.27. The lowest BCUT2D eigenvalue weighted by molar-refractivity contribution is -0.117. The molecule has 1 aliphatic rings. The van der Waals surface area contributed by atoms with Crippen LogP contribution in [-0.2, 0) is 4.79 Å².